The van der Waals surface area contributed by atoms with Gasteiger partial charge in [0.25, 0.3) is 0 Å². The van der Waals surface area contributed by atoms with Crippen molar-refractivity contribution in [2.24, 2.45) is 0 Å². The number of fused-ring (bicyclic) bond motifs is 2. The highest BCUT2D eigenvalue weighted by Gasteiger charge is 2.40. The van der Waals surface area contributed by atoms with Gasteiger partial charge < -0.3 is 24.1 Å². The number of rotatable bonds is 7. The Labute approximate surface area is 197 Å². The topological polar surface area (TPSA) is 121 Å². The summed E-state index contributed by atoms with van der Waals surface area (Å²) < 4.78 is 18.1. The molecule has 2 aromatic carbocycles. The lowest BCUT2D eigenvalue weighted by Gasteiger charge is -2.25. The van der Waals surface area contributed by atoms with Gasteiger partial charge in [-0.25, -0.2) is 0 Å². The molecule has 4 N–H and O–H groups in total. The molecule has 1 aliphatic rings. The Hall–Kier alpha value is -3.07. The van der Waals surface area contributed by atoms with Gasteiger partial charge in [-0.2, -0.15) is 0 Å². The van der Waals surface area contributed by atoms with E-state index < -0.39 is 18.3 Å². The van der Waals surface area contributed by atoms with Gasteiger partial charge in [-0.1, -0.05) is 26.0 Å². The van der Waals surface area contributed by atoms with Crippen molar-refractivity contribution in [2.75, 3.05) is 12.6 Å². The molecular formula is C26H31NO7. The lowest BCUT2D eigenvalue weighted by atomic mass is 9.91. The summed E-state index contributed by atoms with van der Waals surface area (Å²) in [4.78, 5) is 13.9. The summed E-state index contributed by atoms with van der Waals surface area (Å²) in [6.07, 6.45) is 0.125. The van der Waals surface area contributed by atoms with E-state index in [2.05, 4.69) is 5.48 Å². The maximum Gasteiger partial charge on any atom is 0.200 e. The Kier molecular flexibility index (Phi) is 6.33. The van der Waals surface area contributed by atoms with Gasteiger partial charge in [0.15, 0.2) is 5.43 Å². The zero-order valence-corrected chi connectivity index (χ0v) is 20.1. The molecule has 1 aliphatic heterocycles. The second-order valence-corrected chi connectivity index (χ2v) is 9.55. The zero-order chi connectivity index (χ0) is 24.8. The van der Waals surface area contributed by atoms with Gasteiger partial charge in [0.05, 0.1) is 18.4 Å². The quantitative estimate of drug-likeness (QED) is 0.385. The zero-order valence-electron chi connectivity index (χ0n) is 20.1. The predicted molar refractivity (Wildman–Crippen MR) is 128 cm³/mol. The Bertz CT molecular complexity index is 1270. The molecule has 34 heavy (non-hydrogen) atoms. The Balaban J connectivity index is 1.99. The maximum absolute atomic E-state index is 13.9. The van der Waals surface area contributed by atoms with Gasteiger partial charge in [-0.05, 0) is 37.5 Å². The number of methoxy groups -OCH3 is 1. The van der Waals surface area contributed by atoms with E-state index >= 15 is 0 Å². The molecular weight excluding hydrogens is 438 g/mol. The summed E-state index contributed by atoms with van der Waals surface area (Å²) >= 11 is 0. The van der Waals surface area contributed by atoms with Crippen LogP contribution in [-0.2, 0) is 19.4 Å². The van der Waals surface area contributed by atoms with Crippen LogP contribution in [-0.4, -0.2) is 34.2 Å². The first kappa shape index (κ1) is 24.1. The van der Waals surface area contributed by atoms with Gasteiger partial charge >= 0.3 is 0 Å². The van der Waals surface area contributed by atoms with Crippen LogP contribution in [0.1, 0.15) is 61.6 Å². The van der Waals surface area contributed by atoms with Crippen molar-refractivity contribution in [2.45, 2.75) is 64.8 Å². The fourth-order valence-electron chi connectivity index (χ4n) is 4.57. The average molecular weight is 470 g/mol. The third-order valence-corrected chi connectivity index (χ3v) is 6.38. The summed E-state index contributed by atoms with van der Waals surface area (Å²) in [5.41, 5.74) is 4.17. The lowest BCUT2D eigenvalue weighted by Crippen LogP contribution is -2.39. The van der Waals surface area contributed by atoms with E-state index in [1.54, 1.807) is 38.1 Å². The van der Waals surface area contributed by atoms with Crippen molar-refractivity contribution in [3.8, 4) is 11.5 Å². The molecule has 2 heterocycles. The van der Waals surface area contributed by atoms with Crippen LogP contribution in [0.4, 0.5) is 5.69 Å². The highest BCUT2D eigenvalue weighted by molar-refractivity contribution is 5.92. The van der Waals surface area contributed by atoms with Crippen LogP contribution in [0.5, 0.6) is 11.5 Å². The summed E-state index contributed by atoms with van der Waals surface area (Å²) in [5.74, 6) is 1.07. The van der Waals surface area contributed by atoms with Gasteiger partial charge in [0.2, 0.25) is 0 Å². The molecule has 0 amide bonds. The summed E-state index contributed by atoms with van der Waals surface area (Å²) in [5, 5.41) is 30.0. The monoisotopic (exact) mass is 469 g/mol. The molecule has 0 spiro atoms. The van der Waals surface area contributed by atoms with Gasteiger partial charge in [-0.15, -0.1) is 0 Å². The molecule has 0 unspecified atom stereocenters. The minimum Gasteiger partial charge on any atom is -0.495 e. The van der Waals surface area contributed by atoms with Crippen LogP contribution >= 0.6 is 0 Å². The summed E-state index contributed by atoms with van der Waals surface area (Å²) in [6, 6.07) is 6.94. The fraction of sp³-hybridized carbons (Fsp3) is 0.423. The highest BCUT2D eigenvalue weighted by atomic mass is 16.5. The van der Waals surface area contributed by atoms with Crippen molar-refractivity contribution in [1.29, 1.82) is 0 Å². The van der Waals surface area contributed by atoms with E-state index in [1.807, 2.05) is 13.8 Å². The van der Waals surface area contributed by atoms with E-state index in [4.69, 9.17) is 19.1 Å². The number of anilines is 1. The third kappa shape index (κ3) is 4.02. The molecule has 0 saturated heterocycles. The average Bonchev–Trinajstić information content (AvgIpc) is 3.24. The molecule has 1 atom stereocenters. The van der Waals surface area contributed by atoms with E-state index in [-0.39, 0.29) is 23.5 Å². The Morgan fingerprint density at radius 1 is 1.24 bits per heavy atom. The first-order valence-electron chi connectivity index (χ1n) is 11.3. The molecule has 4 rings (SSSR count). The fourth-order valence-corrected chi connectivity index (χ4v) is 4.57. The number of nitrogens with one attached hydrogen (secondary N) is 1. The highest BCUT2D eigenvalue weighted by Crippen LogP contribution is 2.48. The number of aliphatic hydroxyl groups is 2. The molecule has 0 bridgehead atoms. The molecule has 8 nitrogen and oxygen atoms in total. The van der Waals surface area contributed by atoms with Gasteiger partial charge in [0.1, 0.15) is 40.9 Å². The molecule has 0 aliphatic carbocycles. The number of ether oxygens (including phenoxy) is 2. The van der Waals surface area contributed by atoms with E-state index in [1.165, 1.54) is 7.11 Å². The van der Waals surface area contributed by atoms with Crippen LogP contribution < -0.4 is 20.4 Å². The van der Waals surface area contributed by atoms with Crippen molar-refractivity contribution in [1.82, 2.24) is 0 Å². The van der Waals surface area contributed by atoms with Crippen molar-refractivity contribution >= 4 is 16.7 Å². The first-order chi connectivity index (χ1) is 16.1. The normalized spacial score (nSPS) is 15.5. The molecule has 0 radical (unpaired) electrons. The largest absolute Gasteiger partial charge is 0.495 e. The molecule has 3 aromatic rings. The van der Waals surface area contributed by atoms with Gasteiger partial charge in [0, 0.05) is 29.5 Å². The minimum absolute atomic E-state index is 0.0539. The van der Waals surface area contributed by atoms with E-state index in [9.17, 15) is 15.0 Å². The Morgan fingerprint density at radius 2 is 1.91 bits per heavy atom. The van der Waals surface area contributed by atoms with Crippen LogP contribution in [0.2, 0.25) is 0 Å². The first-order valence-corrected chi connectivity index (χ1v) is 11.3. The van der Waals surface area contributed by atoms with Crippen LogP contribution in [0.3, 0.4) is 0 Å². The van der Waals surface area contributed by atoms with Crippen molar-refractivity contribution in [3.05, 3.63) is 62.5 Å². The van der Waals surface area contributed by atoms with Crippen LogP contribution in [0, 0.1) is 0 Å². The third-order valence-electron chi connectivity index (χ3n) is 6.38. The number of aliphatic hydroxyl groups excluding tert-OH is 1. The molecule has 8 heteroatoms. The smallest absolute Gasteiger partial charge is 0.200 e. The molecule has 1 aromatic heterocycles. The standard InChI is InChI=1S/C26H31NO7/c1-13(2)20-24-17(11-19(34-24)26(3,4)30)23(32-5)21-22(29)16(18(12-28)33-25(20)21)10-14-6-8-15(27-31)9-7-14/h6-9,13,19,27-28,30-31H,10-12H2,1-5H3/t19-/m0/s1. The lowest BCUT2D eigenvalue weighted by molar-refractivity contribution is -0.0233. The van der Waals surface area contributed by atoms with Crippen molar-refractivity contribution < 1.29 is 29.3 Å². The molecule has 0 saturated carbocycles. The van der Waals surface area contributed by atoms with E-state index in [0.717, 1.165) is 11.1 Å². The Morgan fingerprint density at radius 3 is 2.44 bits per heavy atom. The van der Waals surface area contributed by atoms with Crippen LogP contribution in [0.15, 0.2) is 33.5 Å². The summed E-state index contributed by atoms with van der Waals surface area (Å²) in [6.45, 7) is 6.89. The summed E-state index contributed by atoms with van der Waals surface area (Å²) in [7, 11) is 1.50. The predicted octanol–water partition coefficient (Wildman–Crippen LogP) is 3.88. The second kappa shape index (κ2) is 8.94. The van der Waals surface area contributed by atoms with Gasteiger partial charge in [-0.3, -0.25) is 15.5 Å². The number of hydrogen-bond donors (Lipinski definition) is 4. The van der Waals surface area contributed by atoms with E-state index in [0.29, 0.717) is 45.7 Å². The van der Waals surface area contributed by atoms with Crippen molar-refractivity contribution in [3.63, 3.8) is 0 Å². The molecule has 0 fully saturated rings. The number of benzene rings is 2. The molecule has 182 valence electrons. The van der Waals surface area contributed by atoms with Crippen LogP contribution in [0.25, 0.3) is 11.0 Å². The minimum atomic E-state index is -1.10. The number of hydrogen-bond acceptors (Lipinski definition) is 8. The second-order valence-electron chi connectivity index (χ2n) is 9.55. The SMILES string of the molecule is COc1c2c(c(C(C)C)c3oc(CO)c(Cc4ccc(NO)cc4)c(=O)c13)O[C@H](C(C)(C)O)C2. The maximum atomic E-state index is 13.9.